The lowest BCUT2D eigenvalue weighted by atomic mass is 9.83. The molecule has 88 valence electrons. The summed E-state index contributed by atoms with van der Waals surface area (Å²) in [5.41, 5.74) is 3.23. The second-order valence-corrected chi connectivity index (χ2v) is 5.92. The molecule has 1 aromatic rings. The van der Waals surface area contributed by atoms with Gasteiger partial charge in [-0.3, -0.25) is 0 Å². The van der Waals surface area contributed by atoms with Gasteiger partial charge in [0.2, 0.25) is 0 Å². The minimum atomic E-state index is 0.262. The van der Waals surface area contributed by atoms with Crippen LogP contribution in [0.15, 0.2) is 24.3 Å². The van der Waals surface area contributed by atoms with Crippen molar-refractivity contribution in [2.24, 2.45) is 0 Å². The van der Waals surface area contributed by atoms with Gasteiger partial charge in [0.05, 0.1) is 0 Å². The number of nitrogens with one attached hydrogen (secondary N) is 1. The molecule has 1 atom stereocenters. The molecule has 1 N–H and O–H groups in total. The van der Waals surface area contributed by atoms with Crippen LogP contribution in [0.1, 0.15) is 50.7 Å². The van der Waals surface area contributed by atoms with Gasteiger partial charge in [-0.25, -0.2) is 0 Å². The van der Waals surface area contributed by atoms with E-state index in [2.05, 4.69) is 50.4 Å². The maximum Gasteiger partial charge on any atom is 0.00201 e. The fourth-order valence-electron chi connectivity index (χ4n) is 2.40. The van der Waals surface area contributed by atoms with Gasteiger partial charge in [0, 0.05) is 6.54 Å². The molecular weight excluding hydrogens is 194 g/mol. The number of benzene rings is 1. The molecular formula is C15H23N. The van der Waals surface area contributed by atoms with E-state index in [-0.39, 0.29) is 5.41 Å². The van der Waals surface area contributed by atoms with Crippen LogP contribution in [0.3, 0.4) is 0 Å². The van der Waals surface area contributed by atoms with E-state index in [1.165, 1.54) is 30.5 Å². The predicted molar refractivity (Wildman–Crippen MR) is 70.0 cm³/mol. The zero-order valence-corrected chi connectivity index (χ0v) is 10.7. The molecule has 1 unspecified atom stereocenters. The smallest absolute Gasteiger partial charge is 0.00201 e. The molecule has 0 bridgehead atoms. The van der Waals surface area contributed by atoms with E-state index in [1.54, 1.807) is 0 Å². The Hall–Kier alpha value is -0.820. The van der Waals surface area contributed by atoms with Gasteiger partial charge in [-0.2, -0.15) is 0 Å². The highest BCUT2D eigenvalue weighted by molar-refractivity contribution is 5.31. The first-order chi connectivity index (χ1) is 7.57. The van der Waals surface area contributed by atoms with Crippen LogP contribution >= 0.6 is 0 Å². The highest BCUT2D eigenvalue weighted by atomic mass is 14.9. The minimum Gasteiger partial charge on any atom is -0.316 e. The average molecular weight is 217 g/mol. The van der Waals surface area contributed by atoms with E-state index >= 15 is 0 Å². The summed E-state index contributed by atoms with van der Waals surface area (Å²) in [7, 11) is 0. The first kappa shape index (κ1) is 11.7. The first-order valence-electron chi connectivity index (χ1n) is 6.38. The average Bonchev–Trinajstić information content (AvgIpc) is 2.29. The number of rotatable bonds is 1. The molecule has 1 saturated heterocycles. The van der Waals surface area contributed by atoms with Gasteiger partial charge in [-0.1, -0.05) is 45.0 Å². The lowest BCUT2D eigenvalue weighted by Gasteiger charge is -2.25. The fourth-order valence-corrected chi connectivity index (χ4v) is 2.40. The third-order valence-corrected chi connectivity index (χ3v) is 3.52. The summed E-state index contributed by atoms with van der Waals surface area (Å²) in [5.74, 6) is 0.719. The summed E-state index contributed by atoms with van der Waals surface area (Å²) >= 11 is 0. The molecule has 1 nitrogen and oxygen atoms in total. The lowest BCUT2D eigenvalue weighted by Crippen LogP contribution is -2.28. The van der Waals surface area contributed by atoms with Crippen molar-refractivity contribution in [2.75, 3.05) is 13.1 Å². The zero-order valence-electron chi connectivity index (χ0n) is 10.7. The van der Waals surface area contributed by atoms with Crippen LogP contribution in [0.5, 0.6) is 0 Å². The molecule has 0 amide bonds. The number of hydrogen-bond acceptors (Lipinski definition) is 1. The summed E-state index contributed by atoms with van der Waals surface area (Å²) < 4.78 is 0. The van der Waals surface area contributed by atoms with Crippen LogP contribution in [-0.2, 0) is 5.41 Å². The van der Waals surface area contributed by atoms with Gasteiger partial charge < -0.3 is 5.32 Å². The van der Waals surface area contributed by atoms with E-state index in [1.807, 2.05) is 0 Å². The normalized spacial score (nSPS) is 22.1. The Labute approximate surface area is 99.3 Å². The quantitative estimate of drug-likeness (QED) is 0.759. The van der Waals surface area contributed by atoms with Crippen molar-refractivity contribution in [3.05, 3.63) is 35.4 Å². The summed E-state index contributed by atoms with van der Waals surface area (Å²) in [5, 5.41) is 3.49. The minimum absolute atomic E-state index is 0.262. The van der Waals surface area contributed by atoms with Gasteiger partial charge in [-0.05, 0) is 41.8 Å². The maximum atomic E-state index is 3.49. The molecule has 1 aromatic carbocycles. The van der Waals surface area contributed by atoms with Gasteiger partial charge in [0.1, 0.15) is 0 Å². The lowest BCUT2D eigenvalue weighted by molar-refractivity contribution is 0.460. The zero-order chi connectivity index (χ0) is 11.6. The second kappa shape index (κ2) is 4.58. The number of piperidine rings is 1. The standard InChI is InChI=1S/C15H23N/c1-15(2,3)14-8-4-6-12(10-14)13-7-5-9-16-11-13/h4,6,8,10,13,16H,5,7,9,11H2,1-3H3. The van der Waals surface area contributed by atoms with Crippen LogP contribution in [0.25, 0.3) is 0 Å². The second-order valence-electron chi connectivity index (χ2n) is 5.92. The highest BCUT2D eigenvalue weighted by Gasteiger charge is 2.18. The van der Waals surface area contributed by atoms with Crippen molar-refractivity contribution in [3.8, 4) is 0 Å². The van der Waals surface area contributed by atoms with E-state index < -0.39 is 0 Å². The van der Waals surface area contributed by atoms with Gasteiger partial charge >= 0.3 is 0 Å². The van der Waals surface area contributed by atoms with Crippen molar-refractivity contribution in [2.45, 2.75) is 44.9 Å². The molecule has 16 heavy (non-hydrogen) atoms. The largest absolute Gasteiger partial charge is 0.316 e. The van der Waals surface area contributed by atoms with E-state index in [0.29, 0.717) is 0 Å². The Morgan fingerprint density at radius 3 is 2.69 bits per heavy atom. The Morgan fingerprint density at radius 2 is 2.06 bits per heavy atom. The SMILES string of the molecule is CC(C)(C)c1cccc(C2CCCNC2)c1. The van der Waals surface area contributed by atoms with Crippen LogP contribution in [0.2, 0.25) is 0 Å². The third kappa shape index (κ3) is 2.65. The van der Waals surface area contributed by atoms with Crippen LogP contribution < -0.4 is 5.32 Å². The molecule has 1 fully saturated rings. The predicted octanol–water partition coefficient (Wildman–Crippen LogP) is 3.45. The summed E-state index contributed by atoms with van der Waals surface area (Å²) in [4.78, 5) is 0. The molecule has 2 rings (SSSR count). The molecule has 1 aliphatic rings. The molecule has 1 heterocycles. The van der Waals surface area contributed by atoms with Crippen molar-refractivity contribution >= 4 is 0 Å². The van der Waals surface area contributed by atoms with Crippen LogP contribution in [-0.4, -0.2) is 13.1 Å². The first-order valence-corrected chi connectivity index (χ1v) is 6.38. The molecule has 0 spiro atoms. The highest BCUT2D eigenvalue weighted by Crippen LogP contribution is 2.28. The van der Waals surface area contributed by atoms with Gasteiger partial charge in [0.25, 0.3) is 0 Å². The monoisotopic (exact) mass is 217 g/mol. The van der Waals surface area contributed by atoms with Gasteiger partial charge in [-0.15, -0.1) is 0 Å². The molecule has 1 heteroatoms. The van der Waals surface area contributed by atoms with Gasteiger partial charge in [0.15, 0.2) is 0 Å². The summed E-state index contributed by atoms with van der Waals surface area (Å²) in [6.07, 6.45) is 2.64. The summed E-state index contributed by atoms with van der Waals surface area (Å²) in [6.45, 7) is 9.19. The van der Waals surface area contributed by atoms with Crippen molar-refractivity contribution in [3.63, 3.8) is 0 Å². The fraction of sp³-hybridized carbons (Fsp3) is 0.600. The molecule has 0 saturated carbocycles. The van der Waals surface area contributed by atoms with Crippen LogP contribution in [0.4, 0.5) is 0 Å². The van der Waals surface area contributed by atoms with Crippen LogP contribution in [0, 0.1) is 0 Å². The van der Waals surface area contributed by atoms with Crippen molar-refractivity contribution in [1.82, 2.24) is 5.32 Å². The topological polar surface area (TPSA) is 12.0 Å². The van der Waals surface area contributed by atoms with Crippen molar-refractivity contribution in [1.29, 1.82) is 0 Å². The van der Waals surface area contributed by atoms with E-state index in [0.717, 1.165) is 12.5 Å². The molecule has 1 aliphatic heterocycles. The molecule has 0 aliphatic carbocycles. The Morgan fingerprint density at radius 1 is 1.25 bits per heavy atom. The maximum absolute atomic E-state index is 3.49. The Kier molecular flexibility index (Phi) is 3.34. The van der Waals surface area contributed by atoms with Crippen molar-refractivity contribution < 1.29 is 0 Å². The Balaban J connectivity index is 2.21. The molecule has 0 radical (unpaired) electrons. The number of hydrogen-bond donors (Lipinski definition) is 1. The Bertz CT molecular complexity index is 343. The van der Waals surface area contributed by atoms with E-state index in [4.69, 9.17) is 0 Å². The van der Waals surface area contributed by atoms with E-state index in [9.17, 15) is 0 Å². The third-order valence-electron chi connectivity index (χ3n) is 3.52. The summed E-state index contributed by atoms with van der Waals surface area (Å²) in [6, 6.07) is 9.15. The molecule has 0 aromatic heterocycles.